The van der Waals surface area contributed by atoms with Crippen LogP contribution in [0.1, 0.15) is 15.5 Å². The van der Waals surface area contributed by atoms with Crippen LogP contribution in [0.15, 0.2) is 23.6 Å². The van der Waals surface area contributed by atoms with Crippen LogP contribution in [0.25, 0.3) is 0 Å². The number of halogens is 4. The normalized spacial score (nSPS) is 13.9. The van der Waals surface area contributed by atoms with E-state index in [1.807, 2.05) is 0 Å². The van der Waals surface area contributed by atoms with Crippen LogP contribution < -0.4 is 10.6 Å². The number of benzene rings is 1. The minimum absolute atomic E-state index is 0. The number of nitrogens with zero attached hydrogens (tertiary/aromatic N) is 3. The lowest BCUT2D eigenvalue weighted by atomic mass is 10.2. The van der Waals surface area contributed by atoms with Crippen molar-refractivity contribution < 1.29 is 13.6 Å². The summed E-state index contributed by atoms with van der Waals surface area (Å²) in [6, 6.07) is 3.39. The van der Waals surface area contributed by atoms with Gasteiger partial charge in [-0.1, -0.05) is 0 Å². The van der Waals surface area contributed by atoms with Crippen LogP contribution in [0.4, 0.5) is 14.5 Å². The molecule has 138 valence electrons. The van der Waals surface area contributed by atoms with Crippen LogP contribution in [0.2, 0.25) is 0 Å². The molecule has 3 rings (SSSR count). The van der Waals surface area contributed by atoms with Gasteiger partial charge in [-0.05, 0) is 12.1 Å². The predicted molar refractivity (Wildman–Crippen MR) is 99.0 cm³/mol. The zero-order valence-electron chi connectivity index (χ0n) is 13.2. The SMILES string of the molecule is Cl.Cl.NCc1nc(C(=O)N2CCN(c3cc(F)ccc3F)CC2)cs1. The Bertz CT molecular complexity index is 723. The zero-order chi connectivity index (χ0) is 16.4. The Morgan fingerprint density at radius 2 is 1.88 bits per heavy atom. The lowest BCUT2D eigenvalue weighted by Crippen LogP contribution is -2.49. The second-order valence-corrected chi connectivity index (χ2v) is 6.15. The first-order valence-corrected chi connectivity index (χ1v) is 8.10. The summed E-state index contributed by atoms with van der Waals surface area (Å²) in [6.45, 7) is 2.07. The second kappa shape index (κ2) is 9.28. The fraction of sp³-hybridized carbons (Fsp3) is 0.333. The van der Waals surface area contributed by atoms with Gasteiger partial charge in [-0.25, -0.2) is 13.8 Å². The van der Waals surface area contributed by atoms with E-state index in [0.717, 1.165) is 12.1 Å². The van der Waals surface area contributed by atoms with Crippen molar-refractivity contribution in [1.29, 1.82) is 0 Å². The first-order chi connectivity index (χ1) is 11.1. The number of nitrogens with two attached hydrogens (primary N) is 1. The molecule has 0 atom stereocenters. The summed E-state index contributed by atoms with van der Waals surface area (Å²) in [7, 11) is 0. The number of hydrogen-bond donors (Lipinski definition) is 1. The van der Waals surface area contributed by atoms with Crippen molar-refractivity contribution in [1.82, 2.24) is 9.88 Å². The molecule has 2 aromatic rings. The largest absolute Gasteiger partial charge is 0.366 e. The van der Waals surface area contributed by atoms with Crippen LogP contribution in [0.3, 0.4) is 0 Å². The van der Waals surface area contributed by atoms with Crippen molar-refractivity contribution in [2.75, 3.05) is 31.1 Å². The molecule has 1 aliphatic rings. The minimum atomic E-state index is -0.475. The first-order valence-electron chi connectivity index (χ1n) is 7.22. The molecular formula is C15H18Cl2F2N4OS. The summed E-state index contributed by atoms with van der Waals surface area (Å²) in [5.74, 6) is -1.09. The summed E-state index contributed by atoms with van der Waals surface area (Å²) in [5, 5.41) is 2.41. The molecule has 2 N–H and O–H groups in total. The molecule has 0 bridgehead atoms. The van der Waals surface area contributed by atoms with Gasteiger partial charge in [-0.2, -0.15) is 0 Å². The molecule has 0 saturated carbocycles. The number of amides is 1. The molecule has 1 fully saturated rings. The van der Waals surface area contributed by atoms with Gasteiger partial charge in [-0.3, -0.25) is 4.79 Å². The number of piperazine rings is 1. The van der Waals surface area contributed by atoms with E-state index in [1.54, 1.807) is 15.2 Å². The fourth-order valence-corrected chi connectivity index (χ4v) is 3.19. The third-order valence-electron chi connectivity index (χ3n) is 3.76. The van der Waals surface area contributed by atoms with Crippen LogP contribution in [0.5, 0.6) is 0 Å². The number of aromatic nitrogens is 1. The van der Waals surface area contributed by atoms with Gasteiger partial charge in [0, 0.05) is 44.2 Å². The molecule has 1 aromatic carbocycles. The third-order valence-corrected chi connectivity index (χ3v) is 4.63. The van der Waals surface area contributed by atoms with Crippen LogP contribution in [-0.4, -0.2) is 42.0 Å². The van der Waals surface area contributed by atoms with Crippen molar-refractivity contribution in [3.63, 3.8) is 0 Å². The van der Waals surface area contributed by atoms with E-state index in [2.05, 4.69) is 4.98 Å². The van der Waals surface area contributed by atoms with E-state index < -0.39 is 11.6 Å². The Morgan fingerprint density at radius 1 is 1.20 bits per heavy atom. The molecule has 0 radical (unpaired) electrons. The Morgan fingerprint density at radius 3 is 2.48 bits per heavy atom. The minimum Gasteiger partial charge on any atom is -0.366 e. The third kappa shape index (κ3) is 4.78. The summed E-state index contributed by atoms with van der Waals surface area (Å²) in [4.78, 5) is 20.0. The van der Waals surface area contributed by atoms with E-state index in [1.165, 1.54) is 17.4 Å². The predicted octanol–water partition coefficient (Wildman–Crippen LogP) is 2.69. The molecule has 2 heterocycles. The van der Waals surface area contributed by atoms with Crippen molar-refractivity contribution in [3.8, 4) is 0 Å². The molecule has 0 unspecified atom stereocenters. The van der Waals surface area contributed by atoms with Gasteiger partial charge in [0.15, 0.2) is 0 Å². The van der Waals surface area contributed by atoms with Gasteiger partial charge in [0.1, 0.15) is 22.3 Å². The van der Waals surface area contributed by atoms with E-state index in [9.17, 15) is 13.6 Å². The molecule has 0 spiro atoms. The van der Waals surface area contributed by atoms with Gasteiger partial charge >= 0.3 is 0 Å². The van der Waals surface area contributed by atoms with Gasteiger partial charge in [-0.15, -0.1) is 36.2 Å². The molecule has 25 heavy (non-hydrogen) atoms. The second-order valence-electron chi connectivity index (χ2n) is 5.21. The molecular weight excluding hydrogens is 393 g/mol. The van der Waals surface area contributed by atoms with Gasteiger partial charge in [0.05, 0.1) is 5.69 Å². The Hall–Kier alpha value is -1.48. The molecule has 10 heteroatoms. The van der Waals surface area contributed by atoms with Crippen molar-refractivity contribution >= 4 is 47.7 Å². The topological polar surface area (TPSA) is 62.5 Å². The van der Waals surface area contributed by atoms with Gasteiger partial charge < -0.3 is 15.5 Å². The highest BCUT2D eigenvalue weighted by Gasteiger charge is 2.25. The number of thiazole rings is 1. The molecule has 5 nitrogen and oxygen atoms in total. The maximum absolute atomic E-state index is 13.8. The number of carbonyl (C=O) groups is 1. The van der Waals surface area contributed by atoms with Crippen LogP contribution in [-0.2, 0) is 6.54 Å². The Kier molecular flexibility index (Phi) is 8.01. The zero-order valence-corrected chi connectivity index (χ0v) is 15.6. The van der Waals surface area contributed by atoms with E-state index in [-0.39, 0.29) is 36.4 Å². The number of rotatable bonds is 3. The van der Waals surface area contributed by atoms with Crippen LogP contribution >= 0.6 is 36.2 Å². The molecule has 1 saturated heterocycles. The summed E-state index contributed by atoms with van der Waals surface area (Å²) >= 11 is 1.36. The van der Waals surface area contributed by atoms with E-state index in [0.29, 0.717) is 43.4 Å². The standard InChI is InChI=1S/C15H16F2N4OS.2ClH/c16-10-1-2-11(17)13(7-10)20-3-5-21(6-4-20)15(22)12-9-23-14(8-18)19-12;;/h1-2,7,9H,3-6,8,18H2;2*1H. The summed E-state index contributed by atoms with van der Waals surface area (Å²) in [5.41, 5.74) is 6.12. The van der Waals surface area contributed by atoms with Crippen molar-refractivity contribution in [2.24, 2.45) is 5.73 Å². The molecule has 1 amide bonds. The number of hydrogen-bond acceptors (Lipinski definition) is 5. The van der Waals surface area contributed by atoms with Gasteiger partial charge in [0.2, 0.25) is 0 Å². The Balaban J connectivity index is 0.00000156. The lowest BCUT2D eigenvalue weighted by molar-refractivity contribution is 0.0741. The highest BCUT2D eigenvalue weighted by molar-refractivity contribution is 7.09. The smallest absolute Gasteiger partial charge is 0.273 e. The van der Waals surface area contributed by atoms with E-state index >= 15 is 0 Å². The molecule has 0 aliphatic carbocycles. The van der Waals surface area contributed by atoms with E-state index in [4.69, 9.17) is 5.73 Å². The quantitative estimate of drug-likeness (QED) is 0.844. The molecule has 1 aliphatic heterocycles. The number of anilines is 1. The summed E-state index contributed by atoms with van der Waals surface area (Å²) in [6.07, 6.45) is 0. The highest BCUT2D eigenvalue weighted by atomic mass is 35.5. The maximum atomic E-state index is 13.8. The Labute approximate surface area is 160 Å². The van der Waals surface area contributed by atoms with Gasteiger partial charge in [0.25, 0.3) is 5.91 Å². The average Bonchev–Trinajstić information content (AvgIpc) is 3.06. The number of carbonyl (C=O) groups excluding carboxylic acids is 1. The lowest BCUT2D eigenvalue weighted by Gasteiger charge is -2.35. The maximum Gasteiger partial charge on any atom is 0.273 e. The highest BCUT2D eigenvalue weighted by Crippen LogP contribution is 2.22. The van der Waals surface area contributed by atoms with Crippen molar-refractivity contribution in [3.05, 3.63) is 45.9 Å². The monoisotopic (exact) mass is 410 g/mol. The first kappa shape index (κ1) is 21.6. The summed E-state index contributed by atoms with van der Waals surface area (Å²) < 4.78 is 27.1. The van der Waals surface area contributed by atoms with Crippen LogP contribution in [0, 0.1) is 11.6 Å². The van der Waals surface area contributed by atoms with Crippen molar-refractivity contribution in [2.45, 2.75) is 6.54 Å². The average molecular weight is 411 g/mol. The fourth-order valence-electron chi connectivity index (χ4n) is 2.54. The molecule has 1 aromatic heterocycles.